The summed E-state index contributed by atoms with van der Waals surface area (Å²) < 4.78 is 4.89. The van der Waals surface area contributed by atoms with Crippen molar-refractivity contribution in [1.82, 2.24) is 5.32 Å². The molecule has 0 spiro atoms. The number of halogens is 1. The third kappa shape index (κ3) is 6.04. The standard InChI is InChI=1S/C6H11BrNO2/c1-2-10-4-3-8-6(9)5-7/h1-5H2,(H,8,9). The zero-order valence-electron chi connectivity index (χ0n) is 5.73. The van der Waals surface area contributed by atoms with Crippen LogP contribution in [0.5, 0.6) is 0 Å². The van der Waals surface area contributed by atoms with Gasteiger partial charge in [0.05, 0.1) is 11.9 Å². The molecule has 4 heteroatoms. The van der Waals surface area contributed by atoms with E-state index in [1.807, 2.05) is 0 Å². The number of ether oxygens (including phenoxy) is 1. The zero-order chi connectivity index (χ0) is 7.82. The summed E-state index contributed by atoms with van der Waals surface area (Å²) in [5, 5.41) is 2.97. The second-order valence-corrected chi connectivity index (χ2v) is 2.16. The van der Waals surface area contributed by atoms with Crippen molar-refractivity contribution in [1.29, 1.82) is 0 Å². The van der Waals surface area contributed by atoms with Gasteiger partial charge in [0.25, 0.3) is 0 Å². The Morgan fingerprint density at radius 3 is 2.90 bits per heavy atom. The van der Waals surface area contributed by atoms with Crippen molar-refractivity contribution in [2.45, 2.75) is 0 Å². The Bertz CT molecular complexity index is 97.7. The minimum atomic E-state index is -0.0207. The Balaban J connectivity index is 2.96. The van der Waals surface area contributed by atoms with Crippen LogP contribution in [-0.4, -0.2) is 31.0 Å². The molecule has 0 aromatic rings. The predicted octanol–water partition coefficient (Wildman–Crippen LogP) is 0.348. The molecule has 0 saturated carbocycles. The lowest BCUT2D eigenvalue weighted by Crippen LogP contribution is -2.27. The first-order valence-corrected chi connectivity index (χ1v) is 4.13. The van der Waals surface area contributed by atoms with Crippen molar-refractivity contribution < 1.29 is 9.53 Å². The summed E-state index contributed by atoms with van der Waals surface area (Å²) in [5.41, 5.74) is 0. The highest BCUT2D eigenvalue weighted by Crippen LogP contribution is 1.77. The quantitative estimate of drug-likeness (QED) is 0.524. The van der Waals surface area contributed by atoms with Crippen molar-refractivity contribution >= 4 is 21.8 Å². The fourth-order valence-corrected chi connectivity index (χ4v) is 0.610. The van der Waals surface area contributed by atoms with Crippen molar-refractivity contribution in [3.8, 4) is 0 Å². The number of nitrogens with one attached hydrogen (secondary N) is 1. The first-order valence-electron chi connectivity index (χ1n) is 3.01. The van der Waals surface area contributed by atoms with Crippen LogP contribution < -0.4 is 5.32 Å². The van der Waals surface area contributed by atoms with Gasteiger partial charge in [-0.3, -0.25) is 4.79 Å². The third-order valence-corrected chi connectivity index (χ3v) is 1.34. The van der Waals surface area contributed by atoms with Crippen LogP contribution in [0, 0.1) is 6.92 Å². The van der Waals surface area contributed by atoms with Gasteiger partial charge in [-0.15, -0.1) is 0 Å². The fourth-order valence-electron chi connectivity index (χ4n) is 0.412. The summed E-state index contributed by atoms with van der Waals surface area (Å²) in [7, 11) is 0. The van der Waals surface area contributed by atoms with Gasteiger partial charge in [-0.1, -0.05) is 15.9 Å². The molecule has 0 bridgehead atoms. The molecule has 0 saturated heterocycles. The van der Waals surface area contributed by atoms with E-state index >= 15 is 0 Å². The zero-order valence-corrected chi connectivity index (χ0v) is 7.32. The Labute approximate surface area is 69.3 Å². The van der Waals surface area contributed by atoms with Crippen LogP contribution in [-0.2, 0) is 9.53 Å². The molecular weight excluding hydrogens is 198 g/mol. The van der Waals surface area contributed by atoms with Gasteiger partial charge in [-0.25, -0.2) is 0 Å². The van der Waals surface area contributed by atoms with Crippen LogP contribution in [0.2, 0.25) is 0 Å². The van der Waals surface area contributed by atoms with Crippen LogP contribution in [0.15, 0.2) is 0 Å². The normalized spacial score (nSPS) is 9.40. The smallest absolute Gasteiger partial charge is 0.230 e. The molecule has 0 heterocycles. The van der Waals surface area contributed by atoms with Crippen LogP contribution in [0.4, 0.5) is 0 Å². The fraction of sp³-hybridized carbons (Fsp3) is 0.667. The molecule has 1 amide bonds. The highest BCUT2D eigenvalue weighted by Gasteiger charge is 1.94. The van der Waals surface area contributed by atoms with Crippen molar-refractivity contribution in [3.63, 3.8) is 0 Å². The van der Waals surface area contributed by atoms with E-state index in [0.717, 1.165) is 0 Å². The average molecular weight is 209 g/mol. The Hall–Kier alpha value is -0.0900. The molecule has 0 aromatic carbocycles. The number of rotatable bonds is 5. The van der Waals surface area contributed by atoms with Gasteiger partial charge in [0.2, 0.25) is 5.91 Å². The van der Waals surface area contributed by atoms with Gasteiger partial charge < -0.3 is 10.1 Å². The molecule has 0 unspecified atom stereocenters. The Kier molecular flexibility index (Phi) is 6.96. The number of carbonyl (C=O) groups is 1. The van der Waals surface area contributed by atoms with Gasteiger partial charge in [-0.05, 0) is 6.92 Å². The molecule has 0 aliphatic heterocycles. The number of hydrogen-bond donors (Lipinski definition) is 1. The third-order valence-electron chi connectivity index (χ3n) is 0.834. The maximum atomic E-state index is 10.5. The van der Waals surface area contributed by atoms with Crippen LogP contribution in [0.3, 0.4) is 0 Å². The lowest BCUT2D eigenvalue weighted by molar-refractivity contribution is -0.118. The van der Waals surface area contributed by atoms with Gasteiger partial charge in [0.1, 0.15) is 0 Å². The van der Waals surface area contributed by atoms with E-state index in [9.17, 15) is 4.79 Å². The van der Waals surface area contributed by atoms with Crippen molar-refractivity contribution in [3.05, 3.63) is 6.92 Å². The lowest BCUT2D eigenvalue weighted by atomic mass is 10.6. The summed E-state index contributed by atoms with van der Waals surface area (Å²) in [5.74, 6) is -0.0207. The monoisotopic (exact) mass is 208 g/mol. The first kappa shape index (κ1) is 9.91. The molecule has 0 fully saturated rings. The van der Waals surface area contributed by atoms with Gasteiger partial charge in [0, 0.05) is 13.2 Å². The molecule has 3 nitrogen and oxygen atoms in total. The highest BCUT2D eigenvalue weighted by atomic mass is 79.9. The Morgan fingerprint density at radius 2 is 2.40 bits per heavy atom. The number of hydrogen-bond acceptors (Lipinski definition) is 2. The summed E-state index contributed by atoms with van der Waals surface area (Å²) >= 11 is 3.02. The van der Waals surface area contributed by atoms with E-state index in [1.165, 1.54) is 0 Å². The molecule has 0 aliphatic rings. The van der Waals surface area contributed by atoms with E-state index < -0.39 is 0 Å². The highest BCUT2D eigenvalue weighted by molar-refractivity contribution is 9.09. The number of amides is 1. The SMILES string of the molecule is [CH2]COCCNC(=O)CBr. The average Bonchev–Trinajstić information content (AvgIpc) is 1.98. The largest absolute Gasteiger partial charge is 0.380 e. The van der Waals surface area contributed by atoms with Gasteiger partial charge >= 0.3 is 0 Å². The second-order valence-electron chi connectivity index (χ2n) is 1.60. The molecule has 10 heavy (non-hydrogen) atoms. The van der Waals surface area contributed by atoms with Crippen LogP contribution >= 0.6 is 15.9 Å². The second kappa shape index (κ2) is 7.02. The van der Waals surface area contributed by atoms with E-state index in [1.54, 1.807) is 0 Å². The van der Waals surface area contributed by atoms with E-state index in [0.29, 0.717) is 25.1 Å². The minimum Gasteiger partial charge on any atom is -0.380 e. The maximum Gasteiger partial charge on any atom is 0.230 e. The van der Waals surface area contributed by atoms with Crippen molar-refractivity contribution in [2.75, 3.05) is 25.1 Å². The Morgan fingerprint density at radius 1 is 1.70 bits per heavy atom. The van der Waals surface area contributed by atoms with E-state index in [2.05, 4.69) is 28.2 Å². The summed E-state index contributed by atoms with van der Waals surface area (Å²) in [6.45, 7) is 5.01. The van der Waals surface area contributed by atoms with Gasteiger partial charge in [-0.2, -0.15) is 0 Å². The summed E-state index contributed by atoms with van der Waals surface area (Å²) in [6.07, 6.45) is 0. The maximum absolute atomic E-state index is 10.5. The number of carbonyl (C=O) groups excluding carboxylic acids is 1. The molecule has 0 atom stereocenters. The molecule has 0 aliphatic carbocycles. The topological polar surface area (TPSA) is 38.3 Å². The van der Waals surface area contributed by atoms with E-state index in [4.69, 9.17) is 4.74 Å². The molecule has 1 N–H and O–H groups in total. The van der Waals surface area contributed by atoms with Crippen LogP contribution in [0.1, 0.15) is 0 Å². The molecular formula is C6H11BrNO2. The molecule has 0 aromatic heterocycles. The first-order chi connectivity index (χ1) is 4.81. The minimum absolute atomic E-state index is 0.0207. The number of alkyl halides is 1. The summed E-state index contributed by atoms with van der Waals surface area (Å²) in [4.78, 5) is 10.5. The summed E-state index contributed by atoms with van der Waals surface area (Å²) in [6, 6.07) is 0. The molecule has 1 radical (unpaired) electrons. The molecule has 59 valence electrons. The lowest BCUT2D eigenvalue weighted by Gasteiger charge is -2.01. The van der Waals surface area contributed by atoms with Crippen molar-refractivity contribution in [2.24, 2.45) is 0 Å². The predicted molar refractivity (Wildman–Crippen MR) is 43.0 cm³/mol. The van der Waals surface area contributed by atoms with E-state index in [-0.39, 0.29) is 5.91 Å². The van der Waals surface area contributed by atoms with Gasteiger partial charge in [0.15, 0.2) is 0 Å². The van der Waals surface area contributed by atoms with Crippen LogP contribution in [0.25, 0.3) is 0 Å². The molecule has 0 rings (SSSR count).